The summed E-state index contributed by atoms with van der Waals surface area (Å²) in [5, 5.41) is 2.97. The van der Waals surface area contributed by atoms with E-state index in [-0.39, 0.29) is 12.7 Å². The molecule has 29 heavy (non-hydrogen) atoms. The zero-order valence-corrected chi connectivity index (χ0v) is 17.0. The van der Waals surface area contributed by atoms with Crippen molar-refractivity contribution in [3.05, 3.63) is 47.5 Å². The van der Waals surface area contributed by atoms with E-state index in [1.165, 1.54) is 20.9 Å². The van der Waals surface area contributed by atoms with E-state index in [0.29, 0.717) is 12.3 Å². The molecular formula is C22H29N3O4+2. The number of hydrogen-bond donors (Lipinski definition) is 3. The van der Waals surface area contributed by atoms with Gasteiger partial charge in [0.1, 0.15) is 38.5 Å². The van der Waals surface area contributed by atoms with Crippen molar-refractivity contribution in [2.45, 2.75) is 13.5 Å². The van der Waals surface area contributed by atoms with E-state index in [4.69, 9.17) is 14.2 Å². The summed E-state index contributed by atoms with van der Waals surface area (Å²) in [5.74, 6) is 2.39. The van der Waals surface area contributed by atoms with Gasteiger partial charge in [0.25, 0.3) is 5.91 Å². The number of fused-ring (bicyclic) bond motifs is 1. The van der Waals surface area contributed by atoms with Gasteiger partial charge in [-0.1, -0.05) is 11.6 Å². The van der Waals surface area contributed by atoms with Crippen LogP contribution in [0, 0.1) is 6.92 Å². The Morgan fingerprint density at radius 1 is 1.03 bits per heavy atom. The number of piperazine rings is 1. The fourth-order valence-electron chi connectivity index (χ4n) is 4.03. The van der Waals surface area contributed by atoms with Crippen molar-refractivity contribution in [2.75, 3.05) is 51.9 Å². The Morgan fingerprint density at radius 3 is 2.59 bits per heavy atom. The third-order valence-corrected chi connectivity index (χ3v) is 5.61. The number of hydrogen-bond acceptors (Lipinski definition) is 4. The second kappa shape index (κ2) is 8.71. The van der Waals surface area contributed by atoms with E-state index in [9.17, 15) is 4.79 Å². The molecule has 1 saturated heterocycles. The van der Waals surface area contributed by atoms with Crippen LogP contribution in [-0.4, -0.2) is 52.5 Å². The van der Waals surface area contributed by atoms with E-state index in [1.807, 2.05) is 24.3 Å². The third kappa shape index (κ3) is 4.81. The van der Waals surface area contributed by atoms with Crippen LogP contribution in [0.5, 0.6) is 17.2 Å². The lowest BCUT2D eigenvalue weighted by Gasteiger charge is -2.29. The summed E-state index contributed by atoms with van der Waals surface area (Å²) in [5.41, 5.74) is 3.26. The molecule has 2 aliphatic heterocycles. The van der Waals surface area contributed by atoms with Gasteiger partial charge in [-0.25, -0.2) is 0 Å². The number of anilines is 1. The van der Waals surface area contributed by atoms with Gasteiger partial charge in [-0.05, 0) is 31.2 Å². The summed E-state index contributed by atoms with van der Waals surface area (Å²) in [4.78, 5) is 15.3. The first kappa shape index (κ1) is 19.5. The van der Waals surface area contributed by atoms with Crippen LogP contribution in [0.4, 0.5) is 5.69 Å². The van der Waals surface area contributed by atoms with Crippen molar-refractivity contribution in [1.29, 1.82) is 0 Å². The first-order chi connectivity index (χ1) is 14.1. The Morgan fingerprint density at radius 2 is 1.79 bits per heavy atom. The number of nitrogens with one attached hydrogen (secondary N) is 3. The Balaban J connectivity index is 1.25. The smallest absolute Gasteiger partial charge is 0.279 e. The maximum Gasteiger partial charge on any atom is 0.279 e. The molecule has 2 aromatic carbocycles. The molecule has 2 aromatic rings. The average molecular weight is 399 g/mol. The van der Waals surface area contributed by atoms with Crippen molar-refractivity contribution < 1.29 is 28.8 Å². The minimum Gasteiger partial charge on any atom is -0.496 e. The quantitative estimate of drug-likeness (QED) is 0.622. The van der Waals surface area contributed by atoms with Crippen LogP contribution in [0.25, 0.3) is 0 Å². The summed E-state index contributed by atoms with van der Waals surface area (Å²) in [6, 6.07) is 11.8. The molecule has 1 amide bonds. The van der Waals surface area contributed by atoms with Crippen molar-refractivity contribution in [3.8, 4) is 17.2 Å². The third-order valence-electron chi connectivity index (χ3n) is 5.61. The summed E-state index contributed by atoms with van der Waals surface area (Å²) in [6.07, 6.45) is 0. The molecule has 2 heterocycles. The molecule has 4 rings (SSSR count). The number of carbonyl (C=O) groups is 1. The fourth-order valence-corrected chi connectivity index (χ4v) is 4.03. The minimum atomic E-state index is 0.0302. The predicted octanol–water partition coefficient (Wildman–Crippen LogP) is -0.346. The van der Waals surface area contributed by atoms with E-state index in [0.717, 1.165) is 49.9 Å². The number of quaternary nitrogens is 2. The van der Waals surface area contributed by atoms with Gasteiger partial charge in [-0.3, -0.25) is 4.79 Å². The first-order valence-corrected chi connectivity index (χ1v) is 10.1. The van der Waals surface area contributed by atoms with Crippen LogP contribution in [0.15, 0.2) is 36.4 Å². The lowest BCUT2D eigenvalue weighted by Crippen LogP contribution is -3.28. The number of ether oxygens (including phenoxy) is 3. The Labute approximate surface area is 171 Å². The molecule has 0 unspecified atom stereocenters. The van der Waals surface area contributed by atoms with Gasteiger partial charge in [-0.15, -0.1) is 0 Å². The second-order valence-electron chi connectivity index (χ2n) is 7.79. The molecule has 1 fully saturated rings. The minimum absolute atomic E-state index is 0.0302. The maximum absolute atomic E-state index is 12.4. The normalized spacial score (nSPS) is 20.3. The molecule has 0 radical (unpaired) electrons. The van der Waals surface area contributed by atoms with Gasteiger partial charge >= 0.3 is 0 Å². The Hall–Kier alpha value is -2.77. The van der Waals surface area contributed by atoms with Crippen molar-refractivity contribution in [3.63, 3.8) is 0 Å². The fraction of sp³-hybridized carbons (Fsp3) is 0.409. The van der Waals surface area contributed by atoms with Crippen LogP contribution in [0.2, 0.25) is 0 Å². The van der Waals surface area contributed by atoms with Gasteiger partial charge in [0.05, 0.1) is 7.11 Å². The molecular weight excluding hydrogens is 370 g/mol. The second-order valence-corrected chi connectivity index (χ2v) is 7.79. The number of aryl methyl sites for hydroxylation is 1. The Kier molecular flexibility index (Phi) is 5.87. The monoisotopic (exact) mass is 399 g/mol. The van der Waals surface area contributed by atoms with Crippen molar-refractivity contribution in [1.82, 2.24) is 0 Å². The van der Waals surface area contributed by atoms with Gasteiger partial charge in [0, 0.05) is 17.3 Å². The van der Waals surface area contributed by atoms with Crippen molar-refractivity contribution in [2.24, 2.45) is 0 Å². The van der Waals surface area contributed by atoms with Gasteiger partial charge in [0.2, 0.25) is 6.79 Å². The summed E-state index contributed by atoms with van der Waals surface area (Å²) in [6.45, 7) is 7.84. The van der Waals surface area contributed by atoms with Crippen LogP contribution >= 0.6 is 0 Å². The molecule has 3 N–H and O–H groups in total. The highest BCUT2D eigenvalue weighted by Crippen LogP contribution is 2.34. The Bertz CT molecular complexity index is 878. The van der Waals surface area contributed by atoms with Crippen LogP contribution in [0.1, 0.15) is 11.1 Å². The summed E-state index contributed by atoms with van der Waals surface area (Å²) in [7, 11) is 1.73. The molecule has 154 valence electrons. The van der Waals surface area contributed by atoms with Gasteiger partial charge in [-0.2, -0.15) is 0 Å². The number of benzene rings is 2. The highest BCUT2D eigenvalue weighted by molar-refractivity contribution is 5.91. The van der Waals surface area contributed by atoms with Crippen LogP contribution < -0.4 is 29.3 Å². The van der Waals surface area contributed by atoms with Crippen LogP contribution in [-0.2, 0) is 11.3 Å². The molecule has 0 aromatic heterocycles. The number of methoxy groups -OCH3 is 1. The van der Waals surface area contributed by atoms with Gasteiger partial charge < -0.3 is 29.3 Å². The summed E-state index contributed by atoms with van der Waals surface area (Å²) < 4.78 is 16.2. The standard InChI is InChI=1S/C22H27N3O4/c1-16-3-5-19(27-2)17(11-16)13-24-7-9-25(10-8-24)14-22(26)23-18-4-6-20-21(12-18)29-15-28-20/h3-6,11-12H,7-10,13-15H2,1-2H3,(H,23,26)/p+2. The molecule has 7 nitrogen and oxygen atoms in total. The molecule has 2 aliphatic rings. The molecule has 0 saturated carbocycles. The molecule has 0 spiro atoms. The zero-order chi connectivity index (χ0) is 20.2. The lowest BCUT2D eigenvalue weighted by atomic mass is 10.1. The molecule has 0 aliphatic carbocycles. The number of carbonyl (C=O) groups excluding carboxylic acids is 1. The van der Waals surface area contributed by atoms with E-state index in [2.05, 4.69) is 24.4 Å². The SMILES string of the molecule is COc1ccc(C)cc1C[NH+]1CC[NH+](CC(=O)Nc2ccc3c(c2)OCO3)CC1. The molecule has 0 bridgehead atoms. The maximum atomic E-state index is 12.4. The highest BCUT2D eigenvalue weighted by atomic mass is 16.7. The van der Waals surface area contributed by atoms with Crippen molar-refractivity contribution >= 4 is 11.6 Å². The first-order valence-electron chi connectivity index (χ1n) is 10.1. The highest BCUT2D eigenvalue weighted by Gasteiger charge is 2.26. The number of rotatable bonds is 6. The van der Waals surface area contributed by atoms with E-state index in [1.54, 1.807) is 7.11 Å². The lowest BCUT2D eigenvalue weighted by molar-refractivity contribution is -1.02. The predicted molar refractivity (Wildman–Crippen MR) is 109 cm³/mol. The summed E-state index contributed by atoms with van der Waals surface area (Å²) >= 11 is 0. The van der Waals surface area contributed by atoms with E-state index < -0.39 is 0 Å². The topological polar surface area (TPSA) is 65.7 Å². The average Bonchev–Trinajstić information content (AvgIpc) is 3.17. The number of amides is 1. The zero-order valence-electron chi connectivity index (χ0n) is 17.0. The van der Waals surface area contributed by atoms with E-state index >= 15 is 0 Å². The van der Waals surface area contributed by atoms with Crippen LogP contribution in [0.3, 0.4) is 0 Å². The molecule has 0 atom stereocenters. The molecule has 7 heteroatoms. The van der Waals surface area contributed by atoms with Gasteiger partial charge in [0.15, 0.2) is 18.0 Å². The largest absolute Gasteiger partial charge is 0.496 e.